The van der Waals surface area contributed by atoms with Crippen molar-refractivity contribution in [3.8, 4) is 6.07 Å². The van der Waals surface area contributed by atoms with Crippen LogP contribution in [0.2, 0.25) is 0 Å². The molecule has 32 heavy (non-hydrogen) atoms. The summed E-state index contributed by atoms with van der Waals surface area (Å²) in [6.45, 7) is -0.350. The van der Waals surface area contributed by atoms with E-state index in [2.05, 4.69) is 21.5 Å². The number of nitriles is 1. The summed E-state index contributed by atoms with van der Waals surface area (Å²) in [4.78, 5) is 22.0. The van der Waals surface area contributed by atoms with E-state index < -0.39 is 5.41 Å². The number of hydrogen-bond donors (Lipinski definition) is 2. The van der Waals surface area contributed by atoms with Crippen molar-refractivity contribution >= 4 is 17.3 Å². The quantitative estimate of drug-likeness (QED) is 0.602. The molecular formula is C25H22N4O3. The molecule has 7 heteroatoms. The highest BCUT2D eigenvalue weighted by Crippen LogP contribution is 2.32. The number of nitrogens with one attached hydrogen (secondary N) is 1. The second kappa shape index (κ2) is 9.41. The summed E-state index contributed by atoms with van der Waals surface area (Å²) in [7, 11) is 0. The number of nitrogens with zero attached hydrogens (tertiary/aromatic N) is 3. The largest absolute Gasteiger partial charge is 0.394 e. The molecule has 4 rings (SSSR count). The Balaban J connectivity index is 1.39. The molecule has 1 amide bonds. The third kappa shape index (κ3) is 4.36. The first kappa shape index (κ1) is 21.2. The molecule has 1 aliphatic rings. The van der Waals surface area contributed by atoms with Gasteiger partial charge < -0.3 is 15.3 Å². The predicted octanol–water partition coefficient (Wildman–Crippen LogP) is 3.41. The van der Waals surface area contributed by atoms with Gasteiger partial charge in [-0.1, -0.05) is 47.6 Å². The maximum atomic E-state index is 12.5. The lowest BCUT2D eigenvalue weighted by Crippen LogP contribution is -2.30. The second-order valence-electron chi connectivity index (χ2n) is 7.58. The fraction of sp³-hybridized carbons (Fsp3) is 0.200. The Kier molecular flexibility index (Phi) is 6.24. The topological polar surface area (TPSA) is 108 Å². The summed E-state index contributed by atoms with van der Waals surface area (Å²) in [6.07, 6.45) is 3.78. The molecule has 160 valence electrons. The van der Waals surface area contributed by atoms with Crippen LogP contribution < -0.4 is 5.32 Å². The molecule has 7 nitrogen and oxygen atoms in total. The molecule has 0 radical (unpaired) electrons. The van der Waals surface area contributed by atoms with Gasteiger partial charge in [0.1, 0.15) is 11.5 Å². The molecule has 0 spiro atoms. The third-order valence-electron chi connectivity index (χ3n) is 5.50. The van der Waals surface area contributed by atoms with E-state index in [0.29, 0.717) is 23.2 Å². The summed E-state index contributed by atoms with van der Waals surface area (Å²) >= 11 is 0. The first-order chi connectivity index (χ1) is 15.6. The summed E-state index contributed by atoms with van der Waals surface area (Å²) in [5, 5.41) is 26.8. The number of pyridine rings is 1. The number of oxime groups is 1. The van der Waals surface area contributed by atoms with Gasteiger partial charge in [0.2, 0.25) is 5.91 Å². The van der Waals surface area contributed by atoms with Crippen molar-refractivity contribution in [3.05, 3.63) is 95.8 Å². The van der Waals surface area contributed by atoms with Gasteiger partial charge in [0.25, 0.3) is 0 Å². The highest BCUT2D eigenvalue weighted by molar-refractivity contribution is 6.01. The SMILES string of the molecule is N#CC(CO)(c1ccccc1)c1ccc(NC(=O)CC2CC(c3cccnc3)=NO2)cc1. The fourth-order valence-corrected chi connectivity index (χ4v) is 3.74. The summed E-state index contributed by atoms with van der Waals surface area (Å²) < 4.78 is 0. The standard InChI is InChI=1S/C25H22N4O3/c26-16-25(17-30,19-6-2-1-3-7-19)20-8-10-21(11-9-20)28-24(31)14-22-13-23(29-32-22)18-5-4-12-27-15-18/h1-12,15,22,30H,13-14,17H2,(H,28,31). The number of aliphatic hydroxyl groups excluding tert-OH is 1. The Labute approximate surface area is 186 Å². The van der Waals surface area contributed by atoms with E-state index in [1.54, 1.807) is 36.7 Å². The maximum Gasteiger partial charge on any atom is 0.228 e. The van der Waals surface area contributed by atoms with Gasteiger partial charge in [-0.25, -0.2) is 0 Å². The van der Waals surface area contributed by atoms with E-state index in [1.165, 1.54) is 0 Å². The summed E-state index contributed by atoms with van der Waals surface area (Å²) in [5.74, 6) is -0.192. The van der Waals surface area contributed by atoms with Crippen LogP contribution in [0.1, 0.15) is 29.5 Å². The molecule has 0 bridgehead atoms. The van der Waals surface area contributed by atoms with Crippen molar-refractivity contribution in [3.63, 3.8) is 0 Å². The smallest absolute Gasteiger partial charge is 0.228 e. The van der Waals surface area contributed by atoms with Gasteiger partial charge in [0.15, 0.2) is 0 Å². The third-order valence-corrected chi connectivity index (χ3v) is 5.50. The molecule has 3 aromatic rings. The first-order valence-corrected chi connectivity index (χ1v) is 10.3. The number of anilines is 1. The Hall–Kier alpha value is -4.02. The molecule has 0 fully saturated rings. The Morgan fingerprint density at radius 2 is 1.88 bits per heavy atom. The van der Waals surface area contributed by atoms with E-state index in [1.807, 2.05) is 42.5 Å². The molecule has 2 atom stereocenters. The second-order valence-corrected chi connectivity index (χ2v) is 7.58. The van der Waals surface area contributed by atoms with Gasteiger partial charge in [-0.15, -0.1) is 0 Å². The Morgan fingerprint density at radius 3 is 2.53 bits per heavy atom. The number of amides is 1. The lowest BCUT2D eigenvalue weighted by molar-refractivity contribution is -0.118. The highest BCUT2D eigenvalue weighted by Gasteiger charge is 2.34. The molecule has 2 unspecified atom stereocenters. The van der Waals surface area contributed by atoms with Gasteiger partial charge in [0, 0.05) is 30.1 Å². The number of carbonyl (C=O) groups is 1. The number of rotatable bonds is 7. The van der Waals surface area contributed by atoms with Crippen molar-refractivity contribution in [2.45, 2.75) is 24.4 Å². The lowest BCUT2D eigenvalue weighted by atomic mass is 9.76. The Bertz CT molecular complexity index is 1140. The first-order valence-electron chi connectivity index (χ1n) is 10.3. The van der Waals surface area contributed by atoms with Crippen molar-refractivity contribution in [2.75, 3.05) is 11.9 Å². The number of aliphatic hydroxyl groups is 1. The summed E-state index contributed by atoms with van der Waals surface area (Å²) in [6, 6.07) is 22.1. The van der Waals surface area contributed by atoms with Gasteiger partial charge in [-0.05, 0) is 35.4 Å². The zero-order valence-electron chi connectivity index (χ0n) is 17.3. The van der Waals surface area contributed by atoms with Crippen LogP contribution in [0, 0.1) is 11.3 Å². The molecule has 0 aliphatic carbocycles. The minimum atomic E-state index is -1.17. The monoisotopic (exact) mass is 426 g/mol. The number of benzene rings is 2. The maximum absolute atomic E-state index is 12.5. The van der Waals surface area contributed by atoms with Crippen molar-refractivity contribution in [1.82, 2.24) is 4.98 Å². The zero-order chi connectivity index (χ0) is 22.4. The molecule has 2 heterocycles. The van der Waals surface area contributed by atoms with Crippen LogP contribution in [0.25, 0.3) is 0 Å². The van der Waals surface area contributed by atoms with Crippen LogP contribution >= 0.6 is 0 Å². The number of aromatic nitrogens is 1. The van der Waals surface area contributed by atoms with Crippen LogP contribution in [-0.2, 0) is 15.0 Å². The van der Waals surface area contributed by atoms with E-state index in [4.69, 9.17) is 4.84 Å². The normalized spacial score (nSPS) is 16.9. The lowest BCUT2D eigenvalue weighted by Gasteiger charge is -2.25. The summed E-state index contributed by atoms with van der Waals surface area (Å²) in [5.41, 5.74) is 2.46. The molecule has 0 saturated heterocycles. The number of carbonyl (C=O) groups excluding carboxylic acids is 1. The average molecular weight is 426 g/mol. The van der Waals surface area contributed by atoms with Gasteiger partial charge in [-0.2, -0.15) is 5.26 Å². The van der Waals surface area contributed by atoms with Crippen molar-refractivity contribution in [2.24, 2.45) is 5.16 Å². The van der Waals surface area contributed by atoms with Crippen LogP contribution in [-0.4, -0.2) is 34.4 Å². The number of hydrogen-bond acceptors (Lipinski definition) is 6. The molecule has 2 N–H and O–H groups in total. The van der Waals surface area contributed by atoms with Crippen molar-refractivity contribution in [1.29, 1.82) is 5.26 Å². The van der Waals surface area contributed by atoms with Crippen LogP contribution in [0.15, 0.2) is 84.3 Å². The van der Waals surface area contributed by atoms with Crippen LogP contribution in [0.4, 0.5) is 5.69 Å². The highest BCUT2D eigenvalue weighted by atomic mass is 16.6. The molecule has 1 aromatic heterocycles. The van der Waals surface area contributed by atoms with E-state index in [-0.39, 0.29) is 25.0 Å². The molecule has 2 aromatic carbocycles. The van der Waals surface area contributed by atoms with Gasteiger partial charge in [-0.3, -0.25) is 9.78 Å². The molecular weight excluding hydrogens is 404 g/mol. The van der Waals surface area contributed by atoms with E-state index >= 15 is 0 Å². The average Bonchev–Trinajstić information content (AvgIpc) is 3.31. The molecule has 0 saturated carbocycles. The van der Waals surface area contributed by atoms with E-state index in [9.17, 15) is 15.2 Å². The minimum Gasteiger partial charge on any atom is -0.394 e. The van der Waals surface area contributed by atoms with Gasteiger partial charge in [0.05, 0.1) is 24.8 Å². The van der Waals surface area contributed by atoms with Crippen molar-refractivity contribution < 1.29 is 14.7 Å². The van der Waals surface area contributed by atoms with Crippen LogP contribution in [0.5, 0.6) is 0 Å². The fourth-order valence-electron chi connectivity index (χ4n) is 3.74. The molecule has 1 aliphatic heterocycles. The minimum absolute atomic E-state index is 0.164. The van der Waals surface area contributed by atoms with Crippen LogP contribution in [0.3, 0.4) is 0 Å². The zero-order valence-corrected chi connectivity index (χ0v) is 17.3. The van der Waals surface area contributed by atoms with Gasteiger partial charge >= 0.3 is 0 Å². The Morgan fingerprint density at radius 1 is 1.12 bits per heavy atom. The predicted molar refractivity (Wildman–Crippen MR) is 120 cm³/mol. The van der Waals surface area contributed by atoms with E-state index in [0.717, 1.165) is 11.3 Å².